The fourth-order valence-corrected chi connectivity index (χ4v) is 6.79. The van der Waals surface area contributed by atoms with Crippen molar-refractivity contribution in [1.82, 2.24) is 0 Å². The maximum atomic E-state index is 6.50. The second-order valence-corrected chi connectivity index (χ2v) is 11.8. The maximum absolute atomic E-state index is 6.50. The fourth-order valence-electron chi connectivity index (χ4n) is 3.74. The van der Waals surface area contributed by atoms with E-state index in [2.05, 4.69) is 121 Å². The molecule has 0 atom stereocenters. The van der Waals surface area contributed by atoms with Crippen molar-refractivity contribution < 1.29 is 8.85 Å². The molecule has 0 aliphatic carbocycles. The minimum absolute atomic E-state index is 0.0158. The first-order valence-corrected chi connectivity index (χ1v) is 14.0. The lowest BCUT2D eigenvalue weighted by atomic mass is 10.0. The third-order valence-corrected chi connectivity index (χ3v) is 8.71. The fraction of sp³-hybridized carbons (Fsp3) is 0.111. The van der Waals surface area contributed by atoms with Crippen LogP contribution in [-0.4, -0.2) is 19.5 Å². The Hall–Kier alpha value is -2.77. The minimum atomic E-state index is -0.690. The molecule has 2 nitrogen and oxygen atoms in total. The van der Waals surface area contributed by atoms with Gasteiger partial charge in [0, 0.05) is 0 Å². The summed E-state index contributed by atoms with van der Waals surface area (Å²) in [5.74, 6) is 0. The van der Waals surface area contributed by atoms with Gasteiger partial charge in [-0.05, 0) is 27.9 Å². The molecule has 0 N–H and O–H groups in total. The molecule has 0 amide bonds. The average Bonchev–Trinajstić information content (AvgIpc) is 2.86. The minimum Gasteiger partial charge on any atom is -0.413 e. The van der Waals surface area contributed by atoms with E-state index < -0.39 is 19.5 Å². The largest absolute Gasteiger partial charge is 0.413 e. The van der Waals surface area contributed by atoms with Crippen LogP contribution >= 0.6 is 0 Å². The van der Waals surface area contributed by atoms with Crippen LogP contribution in [0.4, 0.5) is 0 Å². The third kappa shape index (κ3) is 6.12. The number of rotatable bonds is 10. The first-order valence-electron chi connectivity index (χ1n) is 10.8. The Morgan fingerprint density at radius 1 is 0.419 bits per heavy atom. The van der Waals surface area contributed by atoms with E-state index in [1.54, 1.807) is 0 Å². The summed E-state index contributed by atoms with van der Waals surface area (Å²) in [5, 5.41) is 0. The molecule has 0 unspecified atom stereocenters. The summed E-state index contributed by atoms with van der Waals surface area (Å²) in [6, 6.07) is 42.1. The Morgan fingerprint density at radius 3 is 0.935 bits per heavy atom. The lowest BCUT2D eigenvalue weighted by Crippen LogP contribution is -2.15. The van der Waals surface area contributed by atoms with E-state index in [1.807, 2.05) is 0 Å². The Labute approximate surface area is 189 Å². The van der Waals surface area contributed by atoms with Crippen molar-refractivity contribution in [3.8, 4) is 0 Å². The standard InChI is InChI=1S/C27H28O2Si2/c1-5-13-22(14-6-1)26(23-15-7-2-8-16-23)28-30-21-31-29-27(24-17-9-3-10-18-24)25-19-11-4-12-20-25/h1-20,26-27H,21,30-31H2. The van der Waals surface area contributed by atoms with Crippen molar-refractivity contribution in [1.29, 1.82) is 0 Å². The first kappa shape index (κ1) is 21.5. The van der Waals surface area contributed by atoms with Gasteiger partial charge in [0.25, 0.3) is 0 Å². The topological polar surface area (TPSA) is 18.5 Å². The molecule has 4 heteroatoms. The summed E-state index contributed by atoms with van der Waals surface area (Å²) < 4.78 is 13.0. The van der Waals surface area contributed by atoms with Crippen LogP contribution in [0.15, 0.2) is 121 Å². The predicted octanol–water partition coefficient (Wildman–Crippen LogP) is 5.14. The molecule has 0 radical (unpaired) electrons. The van der Waals surface area contributed by atoms with Crippen molar-refractivity contribution in [3.05, 3.63) is 144 Å². The van der Waals surface area contributed by atoms with Crippen LogP contribution in [0.25, 0.3) is 0 Å². The van der Waals surface area contributed by atoms with E-state index in [0.717, 1.165) is 5.67 Å². The van der Waals surface area contributed by atoms with Crippen LogP contribution < -0.4 is 0 Å². The lowest BCUT2D eigenvalue weighted by molar-refractivity contribution is 0.253. The van der Waals surface area contributed by atoms with Crippen LogP contribution in [0.5, 0.6) is 0 Å². The van der Waals surface area contributed by atoms with Crippen molar-refractivity contribution in [2.75, 3.05) is 0 Å². The van der Waals surface area contributed by atoms with Crippen LogP contribution in [0.3, 0.4) is 0 Å². The molecule has 0 heterocycles. The molecule has 0 aromatic heterocycles. The first-order chi connectivity index (χ1) is 15.4. The van der Waals surface area contributed by atoms with Gasteiger partial charge in [-0.2, -0.15) is 0 Å². The normalized spacial score (nSPS) is 11.9. The van der Waals surface area contributed by atoms with Gasteiger partial charge in [-0.25, -0.2) is 0 Å². The van der Waals surface area contributed by atoms with Crippen molar-refractivity contribution >= 4 is 19.5 Å². The van der Waals surface area contributed by atoms with Gasteiger partial charge in [0.05, 0.1) is 12.2 Å². The zero-order chi connectivity index (χ0) is 21.1. The molecule has 0 aliphatic rings. The summed E-state index contributed by atoms with van der Waals surface area (Å²) in [4.78, 5) is 0. The van der Waals surface area contributed by atoms with Gasteiger partial charge < -0.3 is 8.85 Å². The van der Waals surface area contributed by atoms with Crippen LogP contribution in [0.2, 0.25) is 5.67 Å². The van der Waals surface area contributed by atoms with E-state index in [1.165, 1.54) is 22.3 Å². The Kier molecular flexibility index (Phi) is 8.02. The van der Waals surface area contributed by atoms with Gasteiger partial charge in [0.2, 0.25) is 0 Å². The molecule has 156 valence electrons. The quantitative estimate of drug-likeness (QED) is 0.251. The SMILES string of the molecule is c1ccc(C(O[SiH2]C[SiH2]OC(c2ccccc2)c2ccccc2)c2ccccc2)cc1. The van der Waals surface area contributed by atoms with Crippen molar-refractivity contribution in [2.24, 2.45) is 0 Å². The summed E-state index contributed by atoms with van der Waals surface area (Å²) in [7, 11) is -1.38. The highest BCUT2D eigenvalue weighted by Crippen LogP contribution is 2.27. The van der Waals surface area contributed by atoms with E-state index in [9.17, 15) is 0 Å². The van der Waals surface area contributed by atoms with E-state index >= 15 is 0 Å². The zero-order valence-corrected chi connectivity index (χ0v) is 20.5. The smallest absolute Gasteiger partial charge is 0.162 e. The monoisotopic (exact) mass is 440 g/mol. The van der Waals surface area contributed by atoms with Crippen LogP contribution in [0.1, 0.15) is 34.5 Å². The molecular weight excluding hydrogens is 412 g/mol. The molecule has 31 heavy (non-hydrogen) atoms. The molecule has 0 saturated carbocycles. The van der Waals surface area contributed by atoms with Crippen LogP contribution in [0, 0.1) is 0 Å². The highest BCUT2D eigenvalue weighted by Gasteiger charge is 2.16. The van der Waals surface area contributed by atoms with Gasteiger partial charge in [-0.15, -0.1) is 0 Å². The second-order valence-electron chi connectivity index (χ2n) is 7.50. The predicted molar refractivity (Wildman–Crippen MR) is 134 cm³/mol. The van der Waals surface area contributed by atoms with E-state index in [0.29, 0.717) is 0 Å². The Bertz CT molecular complexity index is 848. The molecule has 4 aromatic rings. The Balaban J connectivity index is 1.37. The summed E-state index contributed by atoms with van der Waals surface area (Å²) in [5.41, 5.74) is 5.97. The molecule has 0 bridgehead atoms. The van der Waals surface area contributed by atoms with Gasteiger partial charge in [-0.3, -0.25) is 0 Å². The van der Waals surface area contributed by atoms with Crippen LogP contribution in [-0.2, 0) is 8.85 Å². The lowest BCUT2D eigenvalue weighted by Gasteiger charge is -2.21. The molecule has 4 aromatic carbocycles. The molecule has 0 saturated heterocycles. The van der Waals surface area contributed by atoms with Gasteiger partial charge >= 0.3 is 0 Å². The second kappa shape index (κ2) is 11.6. The van der Waals surface area contributed by atoms with Crippen molar-refractivity contribution in [2.45, 2.75) is 17.9 Å². The van der Waals surface area contributed by atoms with Gasteiger partial charge in [0.15, 0.2) is 19.5 Å². The third-order valence-electron chi connectivity index (χ3n) is 5.27. The number of benzene rings is 4. The molecule has 0 aliphatic heterocycles. The van der Waals surface area contributed by atoms with E-state index in [4.69, 9.17) is 8.85 Å². The summed E-state index contributed by atoms with van der Waals surface area (Å²) in [6.07, 6.45) is 0.0317. The molecular formula is C27H28O2Si2. The summed E-state index contributed by atoms with van der Waals surface area (Å²) in [6.45, 7) is 0. The number of hydrogen-bond acceptors (Lipinski definition) is 2. The van der Waals surface area contributed by atoms with Crippen molar-refractivity contribution in [3.63, 3.8) is 0 Å². The summed E-state index contributed by atoms with van der Waals surface area (Å²) >= 11 is 0. The molecule has 4 rings (SSSR count). The Morgan fingerprint density at radius 2 is 0.677 bits per heavy atom. The average molecular weight is 441 g/mol. The number of hydrogen-bond donors (Lipinski definition) is 0. The van der Waals surface area contributed by atoms with E-state index in [-0.39, 0.29) is 12.2 Å². The highest BCUT2D eigenvalue weighted by atomic mass is 28.3. The molecule has 0 spiro atoms. The molecule has 0 fully saturated rings. The zero-order valence-electron chi connectivity index (χ0n) is 17.6. The highest BCUT2D eigenvalue weighted by molar-refractivity contribution is 6.48. The maximum Gasteiger partial charge on any atom is 0.162 e. The van der Waals surface area contributed by atoms with Gasteiger partial charge in [-0.1, -0.05) is 121 Å². The van der Waals surface area contributed by atoms with Gasteiger partial charge in [0.1, 0.15) is 0 Å².